The maximum Gasteiger partial charge on any atom is 0.187 e. The minimum Gasteiger partial charge on any atom is -0.354 e. The van der Waals surface area contributed by atoms with Crippen molar-refractivity contribution < 1.29 is 4.39 Å². The van der Waals surface area contributed by atoms with Crippen molar-refractivity contribution in [1.82, 2.24) is 15.3 Å². The predicted octanol–water partition coefficient (Wildman–Crippen LogP) is 1.61. The van der Waals surface area contributed by atoms with Crippen molar-refractivity contribution in [3.05, 3.63) is 17.8 Å². The van der Waals surface area contributed by atoms with Crippen LogP contribution in [0.2, 0.25) is 0 Å². The second kappa shape index (κ2) is 6.09. The number of nitrogens with one attached hydrogen (secondary N) is 1. The second-order valence-electron chi connectivity index (χ2n) is 4.80. The SMILES string of the molecule is CCc1ncnc(N2CCC(CNC)CC2)c1F. The summed E-state index contributed by atoms with van der Waals surface area (Å²) < 4.78 is 14.1. The summed E-state index contributed by atoms with van der Waals surface area (Å²) in [7, 11) is 1.98. The number of aromatic nitrogens is 2. The van der Waals surface area contributed by atoms with Gasteiger partial charge < -0.3 is 10.2 Å². The van der Waals surface area contributed by atoms with Gasteiger partial charge in [-0.2, -0.15) is 0 Å². The normalized spacial score (nSPS) is 17.2. The first-order valence-electron chi connectivity index (χ1n) is 6.65. The highest BCUT2D eigenvalue weighted by atomic mass is 19.1. The highest BCUT2D eigenvalue weighted by Gasteiger charge is 2.22. The molecule has 0 bridgehead atoms. The molecule has 2 rings (SSSR count). The Morgan fingerprint density at radius 1 is 1.39 bits per heavy atom. The number of anilines is 1. The Hall–Kier alpha value is -1.23. The van der Waals surface area contributed by atoms with Gasteiger partial charge in [0.25, 0.3) is 0 Å². The van der Waals surface area contributed by atoms with Gasteiger partial charge in [0, 0.05) is 13.1 Å². The molecule has 0 saturated carbocycles. The fourth-order valence-electron chi connectivity index (χ4n) is 2.50. The quantitative estimate of drug-likeness (QED) is 0.884. The average Bonchev–Trinajstić information content (AvgIpc) is 2.41. The molecule has 1 aromatic heterocycles. The maximum atomic E-state index is 14.1. The van der Waals surface area contributed by atoms with Crippen LogP contribution >= 0.6 is 0 Å². The molecule has 0 spiro atoms. The summed E-state index contributed by atoms with van der Waals surface area (Å²) in [6.45, 7) is 4.71. The van der Waals surface area contributed by atoms with Gasteiger partial charge in [-0.3, -0.25) is 0 Å². The van der Waals surface area contributed by atoms with Crippen LogP contribution in [0.15, 0.2) is 6.33 Å². The van der Waals surface area contributed by atoms with Crippen LogP contribution in [0.5, 0.6) is 0 Å². The van der Waals surface area contributed by atoms with Gasteiger partial charge >= 0.3 is 0 Å². The van der Waals surface area contributed by atoms with Crippen molar-refractivity contribution in [2.75, 3.05) is 31.6 Å². The molecule has 1 N–H and O–H groups in total. The lowest BCUT2D eigenvalue weighted by Gasteiger charge is -2.32. The van der Waals surface area contributed by atoms with Crippen LogP contribution < -0.4 is 10.2 Å². The molecule has 0 radical (unpaired) electrons. The summed E-state index contributed by atoms with van der Waals surface area (Å²) in [6.07, 6.45) is 4.26. The van der Waals surface area contributed by atoms with Crippen molar-refractivity contribution in [1.29, 1.82) is 0 Å². The van der Waals surface area contributed by atoms with E-state index in [1.54, 1.807) is 0 Å². The van der Waals surface area contributed by atoms with Gasteiger partial charge in [0.2, 0.25) is 0 Å². The molecular formula is C13H21FN4. The van der Waals surface area contributed by atoms with Crippen LogP contribution in [0.3, 0.4) is 0 Å². The van der Waals surface area contributed by atoms with Crippen molar-refractivity contribution in [3.63, 3.8) is 0 Å². The summed E-state index contributed by atoms with van der Waals surface area (Å²) in [5, 5.41) is 3.20. The standard InChI is InChI=1S/C13H21FN4/c1-3-11-12(14)13(17-9-16-11)18-6-4-10(5-7-18)8-15-2/h9-10,15H,3-8H2,1-2H3. The minimum atomic E-state index is -0.243. The van der Waals surface area contributed by atoms with E-state index in [1.165, 1.54) is 6.33 Å². The lowest BCUT2D eigenvalue weighted by atomic mass is 9.97. The molecule has 1 aliphatic heterocycles. The van der Waals surface area contributed by atoms with Gasteiger partial charge in [-0.25, -0.2) is 14.4 Å². The van der Waals surface area contributed by atoms with Gasteiger partial charge in [-0.05, 0) is 38.8 Å². The van der Waals surface area contributed by atoms with E-state index in [9.17, 15) is 4.39 Å². The first-order chi connectivity index (χ1) is 8.76. The number of halogens is 1. The summed E-state index contributed by atoms with van der Waals surface area (Å²) in [4.78, 5) is 10.1. The molecule has 0 atom stereocenters. The van der Waals surface area contributed by atoms with Crippen LogP contribution in [0.25, 0.3) is 0 Å². The molecule has 2 heterocycles. The minimum absolute atomic E-state index is 0.243. The molecular weight excluding hydrogens is 231 g/mol. The number of piperidine rings is 1. The number of hydrogen-bond acceptors (Lipinski definition) is 4. The van der Waals surface area contributed by atoms with Gasteiger partial charge in [0.05, 0.1) is 5.69 Å². The molecule has 1 aliphatic rings. The molecule has 4 nitrogen and oxygen atoms in total. The number of aryl methyl sites for hydroxylation is 1. The van der Waals surface area contributed by atoms with Gasteiger partial charge in [-0.15, -0.1) is 0 Å². The Bertz CT molecular complexity index is 389. The maximum absolute atomic E-state index is 14.1. The Kier molecular flexibility index (Phi) is 4.47. The molecule has 1 aromatic rings. The first kappa shape index (κ1) is 13.2. The Balaban J connectivity index is 2.05. The van der Waals surface area contributed by atoms with Crippen molar-refractivity contribution in [3.8, 4) is 0 Å². The molecule has 0 unspecified atom stereocenters. The van der Waals surface area contributed by atoms with E-state index < -0.39 is 0 Å². The van der Waals surface area contributed by atoms with Crippen molar-refractivity contribution in [2.45, 2.75) is 26.2 Å². The lowest BCUT2D eigenvalue weighted by Crippen LogP contribution is -2.37. The molecule has 0 amide bonds. The van der Waals surface area contributed by atoms with Gasteiger partial charge in [0.1, 0.15) is 6.33 Å². The molecule has 5 heteroatoms. The average molecular weight is 252 g/mol. The van der Waals surface area contributed by atoms with Gasteiger partial charge in [-0.1, -0.05) is 6.92 Å². The molecule has 1 saturated heterocycles. The summed E-state index contributed by atoms with van der Waals surface area (Å²) >= 11 is 0. The van der Waals surface area contributed by atoms with E-state index in [0.29, 0.717) is 23.9 Å². The molecule has 0 aromatic carbocycles. The Morgan fingerprint density at radius 2 is 2.11 bits per heavy atom. The van der Waals surface area contributed by atoms with E-state index in [0.717, 1.165) is 32.5 Å². The third kappa shape index (κ3) is 2.77. The number of hydrogen-bond donors (Lipinski definition) is 1. The molecule has 18 heavy (non-hydrogen) atoms. The smallest absolute Gasteiger partial charge is 0.187 e. The predicted molar refractivity (Wildman–Crippen MR) is 70.2 cm³/mol. The topological polar surface area (TPSA) is 41.1 Å². The highest BCUT2D eigenvalue weighted by Crippen LogP contribution is 2.24. The molecule has 1 fully saturated rings. The van der Waals surface area contributed by atoms with E-state index in [4.69, 9.17) is 0 Å². The highest BCUT2D eigenvalue weighted by molar-refractivity contribution is 5.41. The van der Waals surface area contributed by atoms with Crippen LogP contribution in [0.4, 0.5) is 10.2 Å². The number of nitrogens with zero attached hydrogens (tertiary/aromatic N) is 3. The first-order valence-corrected chi connectivity index (χ1v) is 6.65. The van der Waals surface area contributed by atoms with E-state index >= 15 is 0 Å². The van der Waals surface area contributed by atoms with Crippen molar-refractivity contribution >= 4 is 5.82 Å². The van der Waals surface area contributed by atoms with E-state index in [2.05, 4.69) is 15.3 Å². The zero-order chi connectivity index (χ0) is 13.0. The van der Waals surface area contributed by atoms with Crippen LogP contribution in [0.1, 0.15) is 25.5 Å². The third-order valence-corrected chi connectivity index (χ3v) is 3.59. The second-order valence-corrected chi connectivity index (χ2v) is 4.80. The summed E-state index contributed by atoms with van der Waals surface area (Å²) in [6, 6.07) is 0. The summed E-state index contributed by atoms with van der Waals surface area (Å²) in [5.74, 6) is 0.929. The zero-order valence-corrected chi connectivity index (χ0v) is 11.1. The fourth-order valence-corrected chi connectivity index (χ4v) is 2.50. The largest absolute Gasteiger partial charge is 0.354 e. The Morgan fingerprint density at radius 3 is 2.72 bits per heavy atom. The Labute approximate surface area is 108 Å². The van der Waals surface area contributed by atoms with E-state index in [-0.39, 0.29) is 5.82 Å². The van der Waals surface area contributed by atoms with Crippen LogP contribution in [-0.4, -0.2) is 36.6 Å². The summed E-state index contributed by atoms with van der Waals surface area (Å²) in [5.41, 5.74) is 0.511. The van der Waals surface area contributed by atoms with Crippen molar-refractivity contribution in [2.24, 2.45) is 5.92 Å². The van der Waals surface area contributed by atoms with Crippen LogP contribution in [0, 0.1) is 11.7 Å². The zero-order valence-electron chi connectivity index (χ0n) is 11.1. The van der Waals surface area contributed by atoms with E-state index in [1.807, 2.05) is 18.9 Å². The monoisotopic (exact) mass is 252 g/mol. The third-order valence-electron chi connectivity index (χ3n) is 3.59. The molecule has 0 aliphatic carbocycles. The fraction of sp³-hybridized carbons (Fsp3) is 0.692. The van der Waals surface area contributed by atoms with Crippen LogP contribution in [-0.2, 0) is 6.42 Å². The molecule has 100 valence electrons. The van der Waals surface area contributed by atoms with Gasteiger partial charge in [0.15, 0.2) is 11.6 Å². The number of rotatable bonds is 4. The lowest BCUT2D eigenvalue weighted by molar-refractivity contribution is 0.389.